The fourth-order valence-corrected chi connectivity index (χ4v) is 2.93. The van der Waals surface area contributed by atoms with Gasteiger partial charge in [0.25, 0.3) is 0 Å². The molecule has 0 spiro atoms. The Hall–Kier alpha value is -2.33. The van der Waals surface area contributed by atoms with Crippen LogP contribution >= 0.6 is 11.6 Å². The molecule has 4 nitrogen and oxygen atoms in total. The van der Waals surface area contributed by atoms with Gasteiger partial charge in [-0.3, -0.25) is 9.59 Å². The van der Waals surface area contributed by atoms with Crippen molar-refractivity contribution in [3.63, 3.8) is 0 Å². The van der Waals surface area contributed by atoms with Gasteiger partial charge in [0, 0.05) is 18.1 Å². The number of halogens is 1. The van der Waals surface area contributed by atoms with Crippen LogP contribution in [0.25, 0.3) is 0 Å². The summed E-state index contributed by atoms with van der Waals surface area (Å²) in [6.45, 7) is 6.56. The van der Waals surface area contributed by atoms with Gasteiger partial charge in [0.1, 0.15) is 6.04 Å². The molecule has 138 valence electrons. The molecule has 2 aromatic carbocycles. The molecule has 1 N–H and O–H groups in total. The van der Waals surface area contributed by atoms with Gasteiger partial charge in [-0.05, 0) is 44.0 Å². The molecule has 0 aliphatic heterocycles. The number of hydrogen-bond donors (Lipinski definition) is 1. The highest BCUT2D eigenvalue weighted by molar-refractivity contribution is 6.30. The van der Waals surface area contributed by atoms with Crippen molar-refractivity contribution < 1.29 is 9.59 Å². The van der Waals surface area contributed by atoms with Crippen molar-refractivity contribution in [3.05, 3.63) is 70.2 Å². The lowest BCUT2D eigenvalue weighted by Gasteiger charge is -2.29. The predicted octanol–water partition coefficient (Wildman–Crippen LogP) is 3.74. The number of amides is 2. The maximum absolute atomic E-state index is 12.9. The quantitative estimate of drug-likeness (QED) is 0.804. The van der Waals surface area contributed by atoms with E-state index in [1.54, 1.807) is 24.0 Å². The molecule has 0 aromatic heterocycles. The van der Waals surface area contributed by atoms with E-state index in [1.165, 1.54) is 0 Å². The minimum Gasteiger partial charge on any atom is -0.355 e. The molecule has 0 unspecified atom stereocenters. The summed E-state index contributed by atoms with van der Waals surface area (Å²) < 4.78 is 0. The van der Waals surface area contributed by atoms with Gasteiger partial charge in [0.15, 0.2) is 0 Å². The molecular weight excluding hydrogens is 348 g/mol. The lowest BCUT2D eigenvalue weighted by Crippen LogP contribution is -2.48. The van der Waals surface area contributed by atoms with Crippen molar-refractivity contribution in [3.8, 4) is 0 Å². The molecule has 0 fully saturated rings. The largest absolute Gasteiger partial charge is 0.355 e. The summed E-state index contributed by atoms with van der Waals surface area (Å²) in [6, 6.07) is 14.7. The average molecular weight is 373 g/mol. The number of nitrogens with one attached hydrogen (secondary N) is 1. The third-order valence-electron chi connectivity index (χ3n) is 4.24. The van der Waals surface area contributed by atoms with E-state index in [-0.39, 0.29) is 18.2 Å². The number of aryl methyl sites for hydroxylation is 1. The zero-order valence-corrected chi connectivity index (χ0v) is 16.2. The molecule has 0 bridgehead atoms. The van der Waals surface area contributed by atoms with Gasteiger partial charge in [-0.2, -0.15) is 0 Å². The summed E-state index contributed by atoms with van der Waals surface area (Å²) in [5, 5.41) is 3.39. The normalized spacial score (nSPS) is 11.7. The third-order valence-corrected chi connectivity index (χ3v) is 4.47. The lowest BCUT2D eigenvalue weighted by molar-refractivity contribution is -0.140. The summed E-state index contributed by atoms with van der Waals surface area (Å²) in [6.07, 6.45) is 0.205. The molecule has 2 amide bonds. The van der Waals surface area contributed by atoms with E-state index >= 15 is 0 Å². The van der Waals surface area contributed by atoms with Gasteiger partial charge < -0.3 is 10.2 Å². The molecule has 1 atom stereocenters. The van der Waals surface area contributed by atoms with Gasteiger partial charge in [-0.1, -0.05) is 53.6 Å². The third kappa shape index (κ3) is 5.60. The summed E-state index contributed by atoms with van der Waals surface area (Å²) in [4.78, 5) is 26.9. The molecule has 2 rings (SSSR count). The first-order valence-corrected chi connectivity index (χ1v) is 9.15. The van der Waals surface area contributed by atoms with E-state index in [2.05, 4.69) is 5.32 Å². The van der Waals surface area contributed by atoms with Crippen molar-refractivity contribution in [2.45, 2.75) is 39.8 Å². The van der Waals surface area contributed by atoms with Crippen LogP contribution in [0.15, 0.2) is 48.5 Å². The molecule has 26 heavy (non-hydrogen) atoms. The van der Waals surface area contributed by atoms with E-state index < -0.39 is 6.04 Å². The van der Waals surface area contributed by atoms with Crippen molar-refractivity contribution in [2.75, 3.05) is 6.54 Å². The van der Waals surface area contributed by atoms with Crippen molar-refractivity contribution >= 4 is 23.4 Å². The Labute approximate surface area is 160 Å². The molecule has 0 radical (unpaired) electrons. The van der Waals surface area contributed by atoms with Crippen LogP contribution < -0.4 is 5.32 Å². The monoisotopic (exact) mass is 372 g/mol. The number of carbonyl (C=O) groups is 2. The second-order valence-corrected chi connectivity index (χ2v) is 6.82. The topological polar surface area (TPSA) is 49.4 Å². The second-order valence-electron chi connectivity index (χ2n) is 6.38. The van der Waals surface area contributed by atoms with Crippen LogP contribution in [-0.2, 0) is 22.6 Å². The zero-order valence-electron chi connectivity index (χ0n) is 15.5. The molecule has 0 aliphatic carbocycles. The molecule has 0 heterocycles. The molecule has 0 aliphatic rings. The molecular formula is C21H25ClN2O2. The van der Waals surface area contributed by atoms with Crippen LogP contribution in [0.5, 0.6) is 0 Å². The Balaban J connectivity index is 2.21. The molecule has 5 heteroatoms. The Morgan fingerprint density at radius 2 is 1.81 bits per heavy atom. The van der Waals surface area contributed by atoms with E-state index in [0.29, 0.717) is 18.1 Å². The standard InChI is InChI=1S/C21H25ClN2O2/c1-4-23-21(26)16(3)24(14-17-10-8-15(2)9-11-17)20(25)13-18-6-5-7-19(22)12-18/h5-12,16H,4,13-14H2,1-3H3,(H,23,26)/t16-/m0/s1. The van der Waals surface area contributed by atoms with Crippen LogP contribution in [0.3, 0.4) is 0 Å². The van der Waals surface area contributed by atoms with Crippen molar-refractivity contribution in [1.82, 2.24) is 10.2 Å². The Morgan fingerprint density at radius 3 is 2.42 bits per heavy atom. The SMILES string of the molecule is CCNC(=O)[C@H](C)N(Cc1ccc(C)cc1)C(=O)Cc1cccc(Cl)c1. The maximum atomic E-state index is 12.9. The Bertz CT molecular complexity index is 759. The highest BCUT2D eigenvalue weighted by atomic mass is 35.5. The molecule has 0 saturated heterocycles. The van der Waals surface area contributed by atoms with Crippen LogP contribution in [-0.4, -0.2) is 29.3 Å². The number of likely N-dealkylation sites (N-methyl/N-ethyl adjacent to an activating group) is 1. The van der Waals surface area contributed by atoms with Crippen LogP contribution in [0.1, 0.15) is 30.5 Å². The first kappa shape index (κ1) is 20.0. The fourth-order valence-electron chi connectivity index (χ4n) is 2.72. The number of rotatable bonds is 7. The Kier molecular flexibility index (Phi) is 7.22. The number of hydrogen-bond acceptors (Lipinski definition) is 2. The van der Waals surface area contributed by atoms with E-state index in [0.717, 1.165) is 16.7 Å². The summed E-state index contributed by atoms with van der Waals surface area (Å²) in [7, 11) is 0. The van der Waals surface area contributed by atoms with Crippen molar-refractivity contribution in [2.24, 2.45) is 0 Å². The summed E-state index contributed by atoms with van der Waals surface area (Å²) in [5.41, 5.74) is 2.98. The number of benzene rings is 2. The Morgan fingerprint density at radius 1 is 1.12 bits per heavy atom. The average Bonchev–Trinajstić information content (AvgIpc) is 2.60. The minimum atomic E-state index is -0.553. The predicted molar refractivity (Wildman–Crippen MR) is 105 cm³/mol. The van der Waals surface area contributed by atoms with Gasteiger partial charge in [0.2, 0.25) is 11.8 Å². The number of nitrogens with zero attached hydrogens (tertiary/aromatic N) is 1. The van der Waals surface area contributed by atoms with Gasteiger partial charge in [-0.25, -0.2) is 0 Å². The van der Waals surface area contributed by atoms with E-state index in [9.17, 15) is 9.59 Å². The van der Waals surface area contributed by atoms with E-state index in [4.69, 9.17) is 11.6 Å². The van der Waals surface area contributed by atoms with Crippen LogP contribution in [0.2, 0.25) is 5.02 Å². The van der Waals surface area contributed by atoms with E-state index in [1.807, 2.05) is 50.2 Å². The molecule has 0 saturated carbocycles. The van der Waals surface area contributed by atoms with Crippen LogP contribution in [0, 0.1) is 6.92 Å². The molecule has 2 aromatic rings. The van der Waals surface area contributed by atoms with Crippen LogP contribution in [0.4, 0.5) is 0 Å². The summed E-state index contributed by atoms with van der Waals surface area (Å²) in [5.74, 6) is -0.259. The summed E-state index contributed by atoms with van der Waals surface area (Å²) >= 11 is 6.02. The fraction of sp³-hybridized carbons (Fsp3) is 0.333. The number of carbonyl (C=O) groups excluding carboxylic acids is 2. The van der Waals surface area contributed by atoms with Gasteiger partial charge >= 0.3 is 0 Å². The second kappa shape index (κ2) is 9.39. The smallest absolute Gasteiger partial charge is 0.242 e. The van der Waals surface area contributed by atoms with Gasteiger partial charge in [0.05, 0.1) is 6.42 Å². The first-order valence-electron chi connectivity index (χ1n) is 8.78. The first-order chi connectivity index (χ1) is 12.4. The lowest BCUT2D eigenvalue weighted by atomic mass is 10.1. The highest BCUT2D eigenvalue weighted by Gasteiger charge is 2.25. The zero-order chi connectivity index (χ0) is 19.1. The van der Waals surface area contributed by atoms with Gasteiger partial charge in [-0.15, -0.1) is 0 Å². The minimum absolute atomic E-state index is 0.105. The van der Waals surface area contributed by atoms with Crippen molar-refractivity contribution in [1.29, 1.82) is 0 Å². The maximum Gasteiger partial charge on any atom is 0.242 e. The highest BCUT2D eigenvalue weighted by Crippen LogP contribution is 2.15.